The lowest BCUT2D eigenvalue weighted by Crippen LogP contribution is -2.21. The molecule has 3 N–H and O–H groups in total. The number of methoxy groups -OCH3 is 1. The number of nitrogens with zero attached hydrogens (tertiary/aromatic N) is 1. The molecule has 0 aliphatic rings. The number of ether oxygens (including phenoxy) is 1. The van der Waals surface area contributed by atoms with E-state index >= 15 is 0 Å². The van der Waals surface area contributed by atoms with Crippen LogP contribution >= 0.6 is 0 Å². The van der Waals surface area contributed by atoms with Gasteiger partial charge in [-0.3, -0.25) is 0 Å². The zero-order valence-electron chi connectivity index (χ0n) is 8.96. The van der Waals surface area contributed by atoms with Crippen molar-refractivity contribution < 1.29 is 24.9 Å². The molecule has 0 radical (unpaired) electrons. The fourth-order valence-corrected chi connectivity index (χ4v) is 1.45. The maximum absolute atomic E-state index is 10.9. The molecule has 16 heavy (non-hydrogen) atoms. The number of carboxylic acid groups (broad SMARTS) is 1. The number of aromatic nitrogens is 1. The topological polar surface area (TPSA) is 91.9 Å². The quantitative estimate of drug-likeness (QED) is 0.622. The molecular weight excluding hydrogens is 214 g/mol. The largest absolute Gasteiger partial charge is 0.478 e. The molecule has 1 rings (SSSR count). The van der Waals surface area contributed by atoms with Crippen molar-refractivity contribution in [2.24, 2.45) is 0 Å². The van der Waals surface area contributed by atoms with Crippen LogP contribution in [0.4, 0.5) is 0 Å². The summed E-state index contributed by atoms with van der Waals surface area (Å²) >= 11 is 0. The first kappa shape index (κ1) is 12.7. The molecule has 90 valence electrons. The lowest BCUT2D eigenvalue weighted by molar-refractivity contribution is 0.0684. The van der Waals surface area contributed by atoms with E-state index in [2.05, 4.69) is 0 Å². The van der Waals surface area contributed by atoms with E-state index in [9.17, 15) is 9.90 Å². The van der Waals surface area contributed by atoms with E-state index in [0.29, 0.717) is 5.69 Å². The molecule has 0 spiro atoms. The molecule has 1 atom stereocenters. The third-order valence-corrected chi connectivity index (χ3v) is 2.21. The van der Waals surface area contributed by atoms with Crippen molar-refractivity contribution in [2.45, 2.75) is 19.3 Å². The molecule has 1 heterocycles. The number of carboxylic acids is 1. The van der Waals surface area contributed by atoms with Gasteiger partial charge in [0.05, 0.1) is 37.1 Å². The maximum atomic E-state index is 10.9. The zero-order valence-corrected chi connectivity index (χ0v) is 8.96. The Bertz CT molecular complexity index is 360. The third-order valence-electron chi connectivity index (χ3n) is 2.21. The Morgan fingerprint density at radius 1 is 1.62 bits per heavy atom. The standard InChI is InChI=1S/C10H15NO5/c1-16-6-9-8(10(14)15)2-3-11(9)4-7(13)5-12/h2-3,7,12-13H,4-6H2,1H3,(H,14,15). The summed E-state index contributed by atoms with van der Waals surface area (Å²) in [5.74, 6) is -1.04. The summed E-state index contributed by atoms with van der Waals surface area (Å²) in [6.07, 6.45) is 0.640. The van der Waals surface area contributed by atoms with Crippen LogP contribution < -0.4 is 0 Å². The molecule has 0 aromatic carbocycles. The summed E-state index contributed by atoms with van der Waals surface area (Å²) in [5, 5.41) is 26.9. The second-order valence-electron chi connectivity index (χ2n) is 3.40. The van der Waals surface area contributed by atoms with Crippen LogP contribution in [0.15, 0.2) is 12.3 Å². The van der Waals surface area contributed by atoms with Crippen molar-refractivity contribution in [1.82, 2.24) is 4.57 Å². The molecular formula is C10H15NO5. The smallest absolute Gasteiger partial charge is 0.337 e. The highest BCUT2D eigenvalue weighted by molar-refractivity contribution is 5.89. The molecule has 0 fully saturated rings. The first-order valence-electron chi connectivity index (χ1n) is 4.79. The second-order valence-corrected chi connectivity index (χ2v) is 3.40. The highest BCUT2D eigenvalue weighted by atomic mass is 16.5. The Hall–Kier alpha value is -1.37. The fourth-order valence-electron chi connectivity index (χ4n) is 1.45. The molecule has 6 heteroatoms. The van der Waals surface area contributed by atoms with Gasteiger partial charge in [-0.05, 0) is 6.07 Å². The van der Waals surface area contributed by atoms with Gasteiger partial charge < -0.3 is 24.6 Å². The summed E-state index contributed by atoms with van der Waals surface area (Å²) < 4.78 is 6.47. The van der Waals surface area contributed by atoms with Gasteiger partial charge in [-0.1, -0.05) is 0 Å². The molecule has 0 saturated heterocycles. The van der Waals surface area contributed by atoms with E-state index in [1.54, 1.807) is 10.8 Å². The van der Waals surface area contributed by atoms with Crippen molar-refractivity contribution in [3.05, 3.63) is 23.5 Å². The normalized spacial score (nSPS) is 12.7. The van der Waals surface area contributed by atoms with E-state index < -0.39 is 12.1 Å². The Kier molecular flexibility index (Phi) is 4.48. The van der Waals surface area contributed by atoms with Crippen LogP contribution in [0.1, 0.15) is 16.1 Å². The summed E-state index contributed by atoms with van der Waals surface area (Å²) in [4.78, 5) is 10.9. The maximum Gasteiger partial charge on any atom is 0.337 e. The predicted molar refractivity (Wildman–Crippen MR) is 55.2 cm³/mol. The number of rotatable bonds is 6. The first-order chi connectivity index (χ1) is 7.60. The minimum Gasteiger partial charge on any atom is -0.478 e. The molecule has 0 amide bonds. The number of aromatic carboxylic acids is 1. The van der Waals surface area contributed by atoms with Crippen LogP contribution in [0.2, 0.25) is 0 Å². The minimum atomic E-state index is -1.04. The third kappa shape index (κ3) is 2.82. The Labute approximate surface area is 92.7 Å². The molecule has 0 aliphatic carbocycles. The van der Waals surface area contributed by atoms with Crippen LogP contribution in [0.5, 0.6) is 0 Å². The van der Waals surface area contributed by atoms with E-state index in [1.165, 1.54) is 13.2 Å². The summed E-state index contributed by atoms with van der Waals surface area (Å²) in [7, 11) is 1.46. The molecule has 6 nitrogen and oxygen atoms in total. The molecule has 0 bridgehead atoms. The lowest BCUT2D eigenvalue weighted by Gasteiger charge is -2.12. The first-order valence-corrected chi connectivity index (χ1v) is 4.79. The van der Waals surface area contributed by atoms with Crippen LogP contribution in [-0.4, -0.2) is 45.7 Å². The van der Waals surface area contributed by atoms with Crippen molar-refractivity contribution in [3.63, 3.8) is 0 Å². The van der Waals surface area contributed by atoms with Gasteiger partial charge >= 0.3 is 5.97 Å². The van der Waals surface area contributed by atoms with E-state index in [4.69, 9.17) is 14.9 Å². The van der Waals surface area contributed by atoms with Crippen LogP contribution in [-0.2, 0) is 17.9 Å². The number of hydrogen-bond acceptors (Lipinski definition) is 4. The number of aliphatic hydroxyl groups excluding tert-OH is 2. The molecule has 1 unspecified atom stereocenters. The number of hydrogen-bond donors (Lipinski definition) is 3. The molecule has 0 aliphatic heterocycles. The summed E-state index contributed by atoms with van der Waals surface area (Å²) in [6, 6.07) is 1.45. The van der Waals surface area contributed by atoms with Gasteiger partial charge in [-0.25, -0.2) is 4.79 Å². The molecule has 1 aromatic heterocycles. The zero-order chi connectivity index (χ0) is 12.1. The number of aliphatic hydroxyl groups is 2. The van der Waals surface area contributed by atoms with Crippen molar-refractivity contribution in [2.75, 3.05) is 13.7 Å². The van der Waals surface area contributed by atoms with Crippen molar-refractivity contribution >= 4 is 5.97 Å². The van der Waals surface area contributed by atoms with E-state index in [0.717, 1.165) is 0 Å². The van der Waals surface area contributed by atoms with Gasteiger partial charge in [0.15, 0.2) is 0 Å². The van der Waals surface area contributed by atoms with Crippen LogP contribution in [0.25, 0.3) is 0 Å². The highest BCUT2D eigenvalue weighted by Gasteiger charge is 2.16. The molecule has 0 saturated carbocycles. The van der Waals surface area contributed by atoms with Gasteiger partial charge in [-0.2, -0.15) is 0 Å². The van der Waals surface area contributed by atoms with Gasteiger partial charge in [0.1, 0.15) is 0 Å². The fraction of sp³-hybridized carbons (Fsp3) is 0.500. The van der Waals surface area contributed by atoms with E-state index in [-0.39, 0.29) is 25.3 Å². The highest BCUT2D eigenvalue weighted by Crippen LogP contribution is 2.13. The summed E-state index contributed by atoms with van der Waals surface area (Å²) in [6.45, 7) is -0.0811. The van der Waals surface area contributed by atoms with Gasteiger partial charge in [-0.15, -0.1) is 0 Å². The average molecular weight is 229 g/mol. The van der Waals surface area contributed by atoms with E-state index in [1.807, 2.05) is 0 Å². The minimum absolute atomic E-state index is 0.141. The van der Waals surface area contributed by atoms with Gasteiger partial charge in [0, 0.05) is 13.3 Å². The Morgan fingerprint density at radius 3 is 2.81 bits per heavy atom. The SMILES string of the molecule is COCc1c(C(=O)O)ccn1CC(O)CO. The van der Waals surface area contributed by atoms with Gasteiger partial charge in [0.25, 0.3) is 0 Å². The van der Waals surface area contributed by atoms with Crippen LogP contribution in [0, 0.1) is 0 Å². The second kappa shape index (κ2) is 5.64. The Morgan fingerprint density at radius 2 is 2.31 bits per heavy atom. The number of carbonyl (C=O) groups is 1. The Balaban J connectivity index is 2.95. The lowest BCUT2D eigenvalue weighted by atomic mass is 10.2. The van der Waals surface area contributed by atoms with Crippen LogP contribution in [0.3, 0.4) is 0 Å². The average Bonchev–Trinajstić information content (AvgIpc) is 2.62. The summed E-state index contributed by atoms with van der Waals surface area (Å²) in [5.41, 5.74) is 0.620. The molecule has 1 aromatic rings. The predicted octanol–water partition coefficient (Wildman–Crippen LogP) is -0.314. The monoisotopic (exact) mass is 229 g/mol. The van der Waals surface area contributed by atoms with Gasteiger partial charge in [0.2, 0.25) is 0 Å². The van der Waals surface area contributed by atoms with Crippen molar-refractivity contribution in [3.8, 4) is 0 Å². The van der Waals surface area contributed by atoms with Crippen molar-refractivity contribution in [1.29, 1.82) is 0 Å².